The Morgan fingerprint density at radius 1 is 1.09 bits per heavy atom. The van der Waals surface area contributed by atoms with Crippen molar-refractivity contribution in [1.29, 1.82) is 0 Å². The quantitative estimate of drug-likeness (QED) is 0.774. The van der Waals surface area contributed by atoms with Crippen LogP contribution in [0.2, 0.25) is 0 Å². The van der Waals surface area contributed by atoms with E-state index in [1.54, 1.807) is 0 Å². The Morgan fingerprint density at radius 3 is 2.55 bits per heavy atom. The van der Waals surface area contributed by atoms with E-state index in [1.165, 1.54) is 5.82 Å². The van der Waals surface area contributed by atoms with E-state index in [1.807, 2.05) is 11.1 Å². The van der Waals surface area contributed by atoms with Crippen LogP contribution in [-0.4, -0.2) is 76.0 Å². The minimum absolute atomic E-state index is 0.338. The number of carbonyl (C=O) groups is 1. The third-order valence-electron chi connectivity index (χ3n) is 4.83. The van der Waals surface area contributed by atoms with Crippen LogP contribution in [0.15, 0.2) is 12.4 Å². The second-order valence-electron chi connectivity index (χ2n) is 6.23. The minimum Gasteiger partial charge on any atom is -0.341 e. The number of rotatable bonds is 6. The Balaban J connectivity index is 1.40. The van der Waals surface area contributed by atoms with E-state index in [9.17, 15) is 4.79 Å². The molecule has 0 bridgehead atoms. The lowest BCUT2D eigenvalue weighted by molar-refractivity contribution is -0.127. The standard InChI is InChI=1S/C16H27N5O/c1-2-20-7-5-17-15(20)14-19-10-8-18(9-11-19)12-13-21-6-3-4-16(21)22/h5,7H,2-4,6,8-14H2,1H3. The maximum atomic E-state index is 11.6. The molecule has 2 fully saturated rings. The highest BCUT2D eigenvalue weighted by Gasteiger charge is 2.22. The normalized spacial score (nSPS) is 21.0. The average molecular weight is 305 g/mol. The van der Waals surface area contributed by atoms with Gasteiger partial charge in [0.15, 0.2) is 0 Å². The number of aryl methyl sites for hydroxylation is 1. The average Bonchev–Trinajstić information content (AvgIpc) is 3.15. The lowest BCUT2D eigenvalue weighted by Crippen LogP contribution is -2.48. The summed E-state index contributed by atoms with van der Waals surface area (Å²) >= 11 is 0. The summed E-state index contributed by atoms with van der Waals surface area (Å²) in [4.78, 5) is 23.1. The summed E-state index contributed by atoms with van der Waals surface area (Å²) in [5, 5.41) is 0. The summed E-state index contributed by atoms with van der Waals surface area (Å²) in [6.45, 7) is 11.3. The number of likely N-dealkylation sites (tertiary alicyclic amines) is 1. The molecule has 3 heterocycles. The molecule has 0 unspecified atom stereocenters. The van der Waals surface area contributed by atoms with Crippen molar-refractivity contribution in [3.05, 3.63) is 18.2 Å². The Labute approximate surface area is 132 Å². The summed E-state index contributed by atoms with van der Waals surface area (Å²) in [5.74, 6) is 1.50. The van der Waals surface area contributed by atoms with Crippen LogP contribution in [0.4, 0.5) is 0 Å². The van der Waals surface area contributed by atoms with Crippen molar-refractivity contribution in [3.63, 3.8) is 0 Å². The monoisotopic (exact) mass is 305 g/mol. The Morgan fingerprint density at radius 2 is 1.86 bits per heavy atom. The van der Waals surface area contributed by atoms with E-state index in [0.717, 1.165) is 71.7 Å². The molecular formula is C16H27N5O. The van der Waals surface area contributed by atoms with Crippen molar-refractivity contribution < 1.29 is 4.79 Å². The molecule has 2 saturated heterocycles. The lowest BCUT2D eigenvalue weighted by atomic mass is 10.3. The molecule has 0 aromatic carbocycles. The van der Waals surface area contributed by atoms with E-state index < -0.39 is 0 Å². The van der Waals surface area contributed by atoms with Gasteiger partial charge in [-0.3, -0.25) is 14.6 Å². The predicted molar refractivity (Wildman–Crippen MR) is 85.4 cm³/mol. The fourth-order valence-corrected chi connectivity index (χ4v) is 3.35. The molecule has 0 saturated carbocycles. The molecular weight excluding hydrogens is 278 g/mol. The smallest absolute Gasteiger partial charge is 0.222 e. The summed E-state index contributed by atoms with van der Waals surface area (Å²) in [7, 11) is 0. The van der Waals surface area contributed by atoms with E-state index in [4.69, 9.17) is 0 Å². The van der Waals surface area contributed by atoms with Gasteiger partial charge in [-0.15, -0.1) is 0 Å². The van der Waals surface area contributed by atoms with Gasteiger partial charge in [0.1, 0.15) is 5.82 Å². The van der Waals surface area contributed by atoms with Gasteiger partial charge in [0.05, 0.1) is 6.54 Å². The van der Waals surface area contributed by atoms with Crippen LogP contribution in [0.25, 0.3) is 0 Å². The first-order valence-corrected chi connectivity index (χ1v) is 8.48. The van der Waals surface area contributed by atoms with Crippen LogP contribution in [0.5, 0.6) is 0 Å². The van der Waals surface area contributed by atoms with Gasteiger partial charge < -0.3 is 9.47 Å². The molecule has 122 valence electrons. The number of hydrogen-bond acceptors (Lipinski definition) is 4. The molecule has 3 rings (SSSR count). The maximum absolute atomic E-state index is 11.6. The second kappa shape index (κ2) is 7.24. The van der Waals surface area contributed by atoms with Crippen molar-refractivity contribution in [2.45, 2.75) is 32.9 Å². The molecule has 0 radical (unpaired) electrons. The zero-order valence-corrected chi connectivity index (χ0v) is 13.6. The number of nitrogens with zero attached hydrogens (tertiary/aromatic N) is 5. The van der Waals surface area contributed by atoms with Gasteiger partial charge in [0.25, 0.3) is 0 Å². The number of imidazole rings is 1. The summed E-state index contributed by atoms with van der Waals surface area (Å²) in [5.41, 5.74) is 0. The first-order valence-electron chi connectivity index (χ1n) is 8.48. The molecule has 0 aliphatic carbocycles. The topological polar surface area (TPSA) is 44.6 Å². The van der Waals surface area contributed by atoms with E-state index in [-0.39, 0.29) is 0 Å². The van der Waals surface area contributed by atoms with Crippen molar-refractivity contribution >= 4 is 5.91 Å². The Hall–Kier alpha value is -1.40. The molecule has 6 heteroatoms. The second-order valence-corrected chi connectivity index (χ2v) is 6.23. The Bertz CT molecular complexity index is 492. The zero-order valence-electron chi connectivity index (χ0n) is 13.6. The van der Waals surface area contributed by atoms with Gasteiger partial charge in [-0.1, -0.05) is 0 Å². The Kier molecular flexibility index (Phi) is 5.10. The third-order valence-corrected chi connectivity index (χ3v) is 4.83. The van der Waals surface area contributed by atoms with Gasteiger partial charge in [-0.25, -0.2) is 4.98 Å². The first kappa shape index (κ1) is 15.5. The zero-order chi connectivity index (χ0) is 15.4. The van der Waals surface area contributed by atoms with E-state index in [2.05, 4.69) is 32.5 Å². The number of hydrogen-bond donors (Lipinski definition) is 0. The molecule has 2 aliphatic heterocycles. The largest absolute Gasteiger partial charge is 0.341 e. The molecule has 0 N–H and O–H groups in total. The molecule has 6 nitrogen and oxygen atoms in total. The molecule has 0 spiro atoms. The van der Waals surface area contributed by atoms with Crippen molar-refractivity contribution in [2.24, 2.45) is 0 Å². The third kappa shape index (κ3) is 3.67. The van der Waals surface area contributed by atoms with Gasteiger partial charge >= 0.3 is 0 Å². The first-order chi connectivity index (χ1) is 10.8. The molecule has 0 atom stereocenters. The number of aromatic nitrogens is 2. The number of carbonyl (C=O) groups excluding carboxylic acids is 1. The molecule has 1 aromatic rings. The molecule has 1 amide bonds. The van der Waals surface area contributed by atoms with Crippen LogP contribution < -0.4 is 0 Å². The fraction of sp³-hybridized carbons (Fsp3) is 0.750. The molecule has 1 aromatic heterocycles. The van der Waals surface area contributed by atoms with Crippen LogP contribution in [0.1, 0.15) is 25.6 Å². The lowest BCUT2D eigenvalue weighted by Gasteiger charge is -2.35. The number of piperazine rings is 1. The van der Waals surface area contributed by atoms with Crippen molar-refractivity contribution in [3.8, 4) is 0 Å². The van der Waals surface area contributed by atoms with Gasteiger partial charge in [-0.2, -0.15) is 0 Å². The SMILES string of the molecule is CCn1ccnc1CN1CCN(CCN2CCCC2=O)CC1. The minimum atomic E-state index is 0.338. The summed E-state index contributed by atoms with van der Waals surface area (Å²) < 4.78 is 2.21. The highest BCUT2D eigenvalue weighted by molar-refractivity contribution is 5.78. The van der Waals surface area contributed by atoms with Crippen LogP contribution in [0, 0.1) is 0 Å². The highest BCUT2D eigenvalue weighted by Crippen LogP contribution is 2.11. The van der Waals surface area contributed by atoms with Crippen LogP contribution in [-0.2, 0) is 17.9 Å². The molecule has 22 heavy (non-hydrogen) atoms. The predicted octanol–water partition coefficient (Wildman–Crippen LogP) is 0.643. The fourth-order valence-electron chi connectivity index (χ4n) is 3.35. The molecule has 2 aliphatic rings. The van der Waals surface area contributed by atoms with Gasteiger partial charge in [-0.05, 0) is 13.3 Å². The van der Waals surface area contributed by atoms with Gasteiger partial charge in [0, 0.05) is 71.2 Å². The van der Waals surface area contributed by atoms with Gasteiger partial charge in [0.2, 0.25) is 5.91 Å². The maximum Gasteiger partial charge on any atom is 0.222 e. The van der Waals surface area contributed by atoms with Crippen LogP contribution in [0.3, 0.4) is 0 Å². The van der Waals surface area contributed by atoms with E-state index >= 15 is 0 Å². The van der Waals surface area contributed by atoms with Crippen molar-refractivity contribution in [2.75, 3.05) is 45.8 Å². The highest BCUT2D eigenvalue weighted by atomic mass is 16.2. The number of amides is 1. The summed E-state index contributed by atoms with van der Waals surface area (Å²) in [6, 6.07) is 0. The van der Waals surface area contributed by atoms with E-state index in [0.29, 0.717) is 5.91 Å². The summed E-state index contributed by atoms with van der Waals surface area (Å²) in [6.07, 6.45) is 5.73. The van der Waals surface area contributed by atoms with Crippen LogP contribution >= 0.6 is 0 Å². The van der Waals surface area contributed by atoms with Crippen molar-refractivity contribution in [1.82, 2.24) is 24.3 Å².